The van der Waals surface area contributed by atoms with Crippen LogP contribution in [0.3, 0.4) is 0 Å². The molecule has 1 saturated carbocycles. The third kappa shape index (κ3) is 2.65. The fourth-order valence-corrected chi connectivity index (χ4v) is 1.88. The van der Waals surface area contributed by atoms with Gasteiger partial charge in [0.25, 0.3) is 0 Å². The number of aliphatic hydroxyl groups excluding tert-OH is 1. The molecule has 0 aliphatic heterocycles. The Labute approximate surface area is 101 Å². The summed E-state index contributed by atoms with van der Waals surface area (Å²) in [7, 11) is 0. The van der Waals surface area contributed by atoms with Crippen molar-refractivity contribution in [1.82, 2.24) is 5.32 Å². The van der Waals surface area contributed by atoms with Crippen molar-refractivity contribution in [2.75, 3.05) is 6.54 Å². The number of carbonyl (C=O) groups is 1. The molecule has 2 rings (SSSR count). The molecule has 1 aromatic carbocycles. The zero-order chi connectivity index (χ0) is 12.3. The highest BCUT2D eigenvalue weighted by Gasteiger charge is 2.48. The summed E-state index contributed by atoms with van der Waals surface area (Å²) in [6, 6.07) is 7.56. The van der Waals surface area contributed by atoms with E-state index in [0.717, 1.165) is 24.0 Å². The maximum atomic E-state index is 11.8. The van der Waals surface area contributed by atoms with Gasteiger partial charge in [-0.25, -0.2) is 0 Å². The molecule has 4 N–H and O–H groups in total. The summed E-state index contributed by atoms with van der Waals surface area (Å²) in [6.07, 6.45) is 1.79. The van der Waals surface area contributed by atoms with E-state index in [2.05, 4.69) is 5.32 Å². The molecule has 4 nitrogen and oxygen atoms in total. The van der Waals surface area contributed by atoms with Gasteiger partial charge in [-0.3, -0.25) is 4.79 Å². The number of nitrogens with two attached hydrogens (primary N) is 1. The lowest BCUT2D eigenvalue weighted by molar-refractivity contribution is -0.126. The molecule has 1 aliphatic rings. The first-order chi connectivity index (χ1) is 8.20. The Balaban J connectivity index is 1.91. The number of hydrogen-bond acceptors (Lipinski definition) is 3. The lowest BCUT2D eigenvalue weighted by Crippen LogP contribution is -2.36. The Hall–Kier alpha value is -1.39. The van der Waals surface area contributed by atoms with E-state index < -0.39 is 0 Å². The minimum absolute atomic E-state index is 0.0223. The smallest absolute Gasteiger partial charge is 0.227 e. The van der Waals surface area contributed by atoms with E-state index >= 15 is 0 Å². The molecule has 0 aromatic heterocycles. The zero-order valence-corrected chi connectivity index (χ0v) is 9.78. The van der Waals surface area contributed by atoms with Crippen LogP contribution in [0, 0.1) is 5.41 Å². The Kier molecular flexibility index (Phi) is 3.45. The lowest BCUT2D eigenvalue weighted by Gasteiger charge is -2.13. The quantitative estimate of drug-likeness (QED) is 0.696. The van der Waals surface area contributed by atoms with Crippen LogP contribution in [0.1, 0.15) is 24.0 Å². The molecule has 0 saturated heterocycles. The first-order valence-corrected chi connectivity index (χ1v) is 5.87. The van der Waals surface area contributed by atoms with Gasteiger partial charge < -0.3 is 16.2 Å². The van der Waals surface area contributed by atoms with E-state index in [9.17, 15) is 4.79 Å². The van der Waals surface area contributed by atoms with Crippen molar-refractivity contribution in [2.45, 2.75) is 26.0 Å². The van der Waals surface area contributed by atoms with Gasteiger partial charge in [-0.1, -0.05) is 24.3 Å². The van der Waals surface area contributed by atoms with Crippen LogP contribution in [0.5, 0.6) is 0 Å². The fraction of sp³-hybridized carbons (Fsp3) is 0.462. The van der Waals surface area contributed by atoms with Gasteiger partial charge in [-0.15, -0.1) is 0 Å². The number of amides is 1. The van der Waals surface area contributed by atoms with E-state index in [1.165, 1.54) is 0 Å². The van der Waals surface area contributed by atoms with Crippen molar-refractivity contribution in [3.05, 3.63) is 35.4 Å². The van der Waals surface area contributed by atoms with E-state index in [0.29, 0.717) is 13.1 Å². The van der Waals surface area contributed by atoms with Crippen LogP contribution >= 0.6 is 0 Å². The van der Waals surface area contributed by atoms with Crippen molar-refractivity contribution >= 4 is 5.91 Å². The van der Waals surface area contributed by atoms with Crippen LogP contribution in [0.4, 0.5) is 0 Å². The number of hydrogen-bond donors (Lipinski definition) is 3. The molecule has 0 bridgehead atoms. The molecule has 4 heteroatoms. The molecule has 0 atom stereocenters. The van der Waals surface area contributed by atoms with Crippen molar-refractivity contribution < 1.29 is 9.90 Å². The highest BCUT2D eigenvalue weighted by Crippen LogP contribution is 2.44. The summed E-state index contributed by atoms with van der Waals surface area (Å²) in [5, 5.41) is 11.9. The number of carbonyl (C=O) groups excluding carboxylic acids is 1. The molecule has 0 radical (unpaired) electrons. The standard InChI is InChI=1S/C13H18N2O2/c14-9-13(4-5-13)12(17)15-7-10-2-1-3-11(6-10)8-16/h1-3,6,16H,4-5,7-9,14H2,(H,15,17). The van der Waals surface area contributed by atoms with Crippen LogP contribution < -0.4 is 11.1 Å². The maximum absolute atomic E-state index is 11.8. The van der Waals surface area contributed by atoms with E-state index in [-0.39, 0.29) is 17.9 Å². The normalized spacial score (nSPS) is 16.6. The van der Waals surface area contributed by atoms with Crippen molar-refractivity contribution in [3.63, 3.8) is 0 Å². The van der Waals surface area contributed by atoms with Crippen LogP contribution in [0.15, 0.2) is 24.3 Å². The van der Waals surface area contributed by atoms with Crippen LogP contribution in [0.2, 0.25) is 0 Å². The highest BCUT2D eigenvalue weighted by atomic mass is 16.3. The molecule has 1 aromatic rings. The first kappa shape index (κ1) is 12.1. The molecule has 1 amide bonds. The SMILES string of the molecule is NCC1(C(=O)NCc2cccc(CO)c2)CC1. The van der Waals surface area contributed by atoms with E-state index in [1.54, 1.807) is 0 Å². The molecule has 1 aliphatic carbocycles. The molecule has 92 valence electrons. The van der Waals surface area contributed by atoms with Gasteiger partial charge in [-0.05, 0) is 24.0 Å². The number of benzene rings is 1. The first-order valence-electron chi connectivity index (χ1n) is 5.87. The average molecular weight is 234 g/mol. The summed E-state index contributed by atoms with van der Waals surface area (Å²) in [5.74, 6) is 0.0504. The zero-order valence-electron chi connectivity index (χ0n) is 9.78. The monoisotopic (exact) mass is 234 g/mol. The van der Waals surface area contributed by atoms with Gasteiger partial charge in [0.2, 0.25) is 5.91 Å². The fourth-order valence-electron chi connectivity index (χ4n) is 1.88. The molecule has 0 spiro atoms. The summed E-state index contributed by atoms with van der Waals surface area (Å²) < 4.78 is 0. The lowest BCUT2D eigenvalue weighted by atomic mass is 10.1. The summed E-state index contributed by atoms with van der Waals surface area (Å²) in [5.41, 5.74) is 7.15. The van der Waals surface area contributed by atoms with Crippen molar-refractivity contribution in [1.29, 1.82) is 0 Å². The minimum Gasteiger partial charge on any atom is -0.392 e. The molecular weight excluding hydrogens is 216 g/mol. The molecular formula is C13H18N2O2. The Morgan fingerprint density at radius 1 is 1.41 bits per heavy atom. The van der Waals surface area contributed by atoms with Gasteiger partial charge in [0, 0.05) is 13.1 Å². The second kappa shape index (κ2) is 4.85. The molecule has 0 unspecified atom stereocenters. The van der Waals surface area contributed by atoms with Gasteiger partial charge in [0.05, 0.1) is 12.0 Å². The molecule has 0 heterocycles. The summed E-state index contributed by atoms with van der Waals surface area (Å²) in [4.78, 5) is 11.8. The molecule has 1 fully saturated rings. The average Bonchev–Trinajstić information content (AvgIpc) is 3.17. The van der Waals surface area contributed by atoms with Crippen LogP contribution in [-0.4, -0.2) is 17.6 Å². The maximum Gasteiger partial charge on any atom is 0.227 e. The number of rotatable bonds is 5. The Morgan fingerprint density at radius 3 is 2.71 bits per heavy atom. The van der Waals surface area contributed by atoms with Gasteiger partial charge in [0.15, 0.2) is 0 Å². The summed E-state index contributed by atoms with van der Waals surface area (Å²) in [6.45, 7) is 0.943. The molecule has 17 heavy (non-hydrogen) atoms. The minimum atomic E-state index is -0.297. The van der Waals surface area contributed by atoms with Crippen LogP contribution in [-0.2, 0) is 17.9 Å². The van der Waals surface area contributed by atoms with Crippen LogP contribution in [0.25, 0.3) is 0 Å². The second-order valence-electron chi connectivity index (χ2n) is 4.65. The van der Waals surface area contributed by atoms with Gasteiger partial charge in [-0.2, -0.15) is 0 Å². The highest BCUT2D eigenvalue weighted by molar-refractivity contribution is 5.85. The number of aliphatic hydroxyl groups is 1. The largest absolute Gasteiger partial charge is 0.392 e. The third-order valence-corrected chi connectivity index (χ3v) is 3.35. The Bertz CT molecular complexity index is 414. The van der Waals surface area contributed by atoms with Crippen molar-refractivity contribution in [2.24, 2.45) is 11.1 Å². The van der Waals surface area contributed by atoms with Gasteiger partial charge in [0.1, 0.15) is 0 Å². The topological polar surface area (TPSA) is 75.4 Å². The Morgan fingerprint density at radius 2 is 2.12 bits per heavy atom. The number of nitrogens with one attached hydrogen (secondary N) is 1. The predicted molar refractivity (Wildman–Crippen MR) is 64.9 cm³/mol. The van der Waals surface area contributed by atoms with E-state index in [4.69, 9.17) is 10.8 Å². The third-order valence-electron chi connectivity index (χ3n) is 3.35. The van der Waals surface area contributed by atoms with Gasteiger partial charge >= 0.3 is 0 Å². The summed E-state index contributed by atoms with van der Waals surface area (Å²) >= 11 is 0. The second-order valence-corrected chi connectivity index (χ2v) is 4.65. The van der Waals surface area contributed by atoms with Crippen molar-refractivity contribution in [3.8, 4) is 0 Å². The van der Waals surface area contributed by atoms with E-state index in [1.807, 2.05) is 24.3 Å². The predicted octanol–water partition coefficient (Wildman–Crippen LogP) is 0.534.